The number of fused-ring (bicyclic) bond motifs is 1. The van der Waals surface area contributed by atoms with E-state index in [9.17, 15) is 9.50 Å². The van der Waals surface area contributed by atoms with Gasteiger partial charge in [0, 0.05) is 41.7 Å². The highest BCUT2D eigenvalue weighted by atomic mass is 35.5. The number of phenols is 1. The van der Waals surface area contributed by atoms with E-state index in [2.05, 4.69) is 4.90 Å². The monoisotopic (exact) mass is 479 g/mol. The smallest absolute Gasteiger partial charge is 0.150 e. The molecule has 6 heteroatoms. The molecule has 0 radical (unpaired) electrons. The largest absolute Gasteiger partial charge is 0.508 e. The van der Waals surface area contributed by atoms with Crippen molar-refractivity contribution in [1.29, 1.82) is 0 Å². The minimum absolute atomic E-state index is 0.189. The minimum atomic E-state index is -0.330. The highest BCUT2D eigenvalue weighted by Crippen LogP contribution is 2.47. The van der Waals surface area contributed by atoms with Crippen LogP contribution in [0.3, 0.4) is 0 Å². The maximum atomic E-state index is 12.6. The van der Waals surface area contributed by atoms with Crippen molar-refractivity contribution in [1.82, 2.24) is 4.90 Å². The van der Waals surface area contributed by atoms with Gasteiger partial charge in [0.05, 0.1) is 6.67 Å². The molecule has 1 N–H and O–H groups in total. The molecule has 0 bridgehead atoms. The van der Waals surface area contributed by atoms with Gasteiger partial charge in [-0.2, -0.15) is 0 Å². The number of rotatable bonds is 7. The van der Waals surface area contributed by atoms with Crippen molar-refractivity contribution in [3.63, 3.8) is 0 Å². The van der Waals surface area contributed by atoms with Gasteiger partial charge in [-0.3, -0.25) is 9.29 Å². The van der Waals surface area contributed by atoms with Crippen LogP contribution < -0.4 is 9.47 Å². The second-order valence-electron chi connectivity index (χ2n) is 8.92. The lowest BCUT2D eigenvalue weighted by atomic mass is 9.86. The summed E-state index contributed by atoms with van der Waals surface area (Å²) >= 11 is 6.31. The Morgan fingerprint density at radius 2 is 1.88 bits per heavy atom. The van der Waals surface area contributed by atoms with Crippen LogP contribution >= 0.6 is 11.6 Å². The third-order valence-corrected chi connectivity index (χ3v) is 6.76. The summed E-state index contributed by atoms with van der Waals surface area (Å²) in [6.45, 7) is 4.81. The van der Waals surface area contributed by atoms with Gasteiger partial charge in [-0.05, 0) is 66.1 Å². The Balaban J connectivity index is 1.38. The molecule has 0 unspecified atom stereocenters. The first-order valence-corrected chi connectivity index (χ1v) is 11.9. The lowest BCUT2D eigenvalue weighted by Gasteiger charge is -2.37. The SMILES string of the molecule is CC1=C(c2cccc(Cl)c2)[C@H](c2ccc(OCCN3CC(CF)C3)cc2)Oc2ccc(O)cc21. The quantitative estimate of drug-likeness (QED) is 0.426. The zero-order chi connectivity index (χ0) is 23.7. The number of ether oxygens (including phenoxy) is 2. The maximum absolute atomic E-state index is 12.6. The van der Waals surface area contributed by atoms with E-state index >= 15 is 0 Å². The highest BCUT2D eigenvalue weighted by molar-refractivity contribution is 6.30. The molecule has 2 aliphatic heterocycles. The van der Waals surface area contributed by atoms with Crippen LogP contribution in [0.2, 0.25) is 5.02 Å². The van der Waals surface area contributed by atoms with E-state index in [0.717, 1.165) is 59.0 Å². The maximum Gasteiger partial charge on any atom is 0.150 e. The summed E-state index contributed by atoms with van der Waals surface area (Å²) in [5, 5.41) is 10.7. The van der Waals surface area contributed by atoms with E-state index in [-0.39, 0.29) is 24.4 Å². The molecule has 3 aromatic rings. The molecule has 0 amide bonds. The summed E-state index contributed by atoms with van der Waals surface area (Å²) in [4.78, 5) is 2.20. The Labute approximate surface area is 204 Å². The van der Waals surface area contributed by atoms with E-state index in [1.807, 2.05) is 55.5 Å². The number of benzene rings is 3. The number of phenolic OH excluding ortho intramolecular Hbond substituents is 1. The fourth-order valence-electron chi connectivity index (χ4n) is 4.69. The molecule has 0 aromatic heterocycles. The molecule has 5 rings (SSSR count). The van der Waals surface area contributed by atoms with Crippen LogP contribution in [0.4, 0.5) is 4.39 Å². The standard InChI is InChI=1S/C28H27ClFNO3/c1-18-25-14-23(32)7-10-26(25)34-28(27(18)21-3-2-4-22(29)13-21)20-5-8-24(9-6-20)33-12-11-31-16-19(15-30)17-31/h2-10,13-14,19,28,32H,11-12,15-17H2,1H3/t28-/m0/s1. The zero-order valence-corrected chi connectivity index (χ0v) is 19.8. The van der Waals surface area contributed by atoms with Crippen LogP contribution in [0.5, 0.6) is 17.2 Å². The van der Waals surface area contributed by atoms with Gasteiger partial charge in [0.1, 0.15) is 30.0 Å². The van der Waals surface area contributed by atoms with E-state index in [1.165, 1.54) is 0 Å². The molecule has 34 heavy (non-hydrogen) atoms. The lowest BCUT2D eigenvalue weighted by molar-refractivity contribution is 0.0668. The molecular formula is C28H27ClFNO3. The normalized spacial score (nSPS) is 18.3. The first-order chi connectivity index (χ1) is 16.5. The fourth-order valence-corrected chi connectivity index (χ4v) is 4.88. The highest BCUT2D eigenvalue weighted by Gasteiger charge is 2.30. The van der Waals surface area contributed by atoms with Gasteiger partial charge >= 0.3 is 0 Å². The van der Waals surface area contributed by atoms with Crippen LogP contribution in [-0.2, 0) is 0 Å². The van der Waals surface area contributed by atoms with Gasteiger partial charge in [-0.15, -0.1) is 0 Å². The molecule has 2 aliphatic rings. The van der Waals surface area contributed by atoms with Crippen molar-refractivity contribution in [3.05, 3.63) is 88.4 Å². The second kappa shape index (κ2) is 9.69. The lowest BCUT2D eigenvalue weighted by Crippen LogP contribution is -2.49. The number of hydrogen-bond donors (Lipinski definition) is 1. The third-order valence-electron chi connectivity index (χ3n) is 6.52. The van der Waals surface area contributed by atoms with E-state index in [4.69, 9.17) is 21.1 Å². The van der Waals surface area contributed by atoms with E-state index in [0.29, 0.717) is 11.6 Å². The molecule has 3 aromatic carbocycles. The molecular weight excluding hydrogens is 453 g/mol. The van der Waals surface area contributed by atoms with Crippen molar-refractivity contribution in [2.24, 2.45) is 5.92 Å². The number of alkyl halides is 1. The molecule has 0 saturated carbocycles. The van der Waals surface area contributed by atoms with Gasteiger partial charge in [0.2, 0.25) is 0 Å². The number of aromatic hydroxyl groups is 1. The number of allylic oxidation sites excluding steroid dienone is 1. The summed E-state index contributed by atoms with van der Waals surface area (Å²) in [7, 11) is 0. The van der Waals surface area contributed by atoms with Crippen LogP contribution in [-0.4, -0.2) is 42.9 Å². The molecule has 2 heterocycles. The molecule has 4 nitrogen and oxygen atoms in total. The molecule has 176 valence electrons. The molecule has 0 aliphatic carbocycles. The van der Waals surface area contributed by atoms with Crippen molar-refractivity contribution >= 4 is 22.7 Å². The van der Waals surface area contributed by atoms with Crippen LogP contribution in [0, 0.1) is 5.92 Å². The van der Waals surface area contributed by atoms with Crippen LogP contribution in [0.25, 0.3) is 11.1 Å². The molecule has 1 atom stereocenters. The van der Waals surface area contributed by atoms with Gasteiger partial charge in [-0.25, -0.2) is 0 Å². The Bertz CT molecular complexity index is 1200. The van der Waals surface area contributed by atoms with Gasteiger partial charge in [-0.1, -0.05) is 35.9 Å². The number of likely N-dealkylation sites (tertiary alicyclic amines) is 1. The fraction of sp³-hybridized carbons (Fsp3) is 0.286. The zero-order valence-electron chi connectivity index (χ0n) is 19.0. The first-order valence-electron chi connectivity index (χ1n) is 11.5. The third kappa shape index (κ3) is 4.63. The van der Waals surface area contributed by atoms with Gasteiger partial charge in [0.25, 0.3) is 0 Å². The summed E-state index contributed by atoms with van der Waals surface area (Å²) in [6, 6.07) is 20.9. The average molecular weight is 480 g/mol. The number of nitrogens with zero attached hydrogens (tertiary/aromatic N) is 1. The van der Waals surface area contributed by atoms with Crippen molar-refractivity contribution in [2.45, 2.75) is 13.0 Å². The summed E-state index contributed by atoms with van der Waals surface area (Å²) in [5.74, 6) is 1.91. The van der Waals surface area contributed by atoms with Crippen molar-refractivity contribution in [2.75, 3.05) is 32.9 Å². The summed E-state index contributed by atoms with van der Waals surface area (Å²) < 4.78 is 24.9. The van der Waals surface area contributed by atoms with Gasteiger partial charge in [0.15, 0.2) is 0 Å². The summed E-state index contributed by atoms with van der Waals surface area (Å²) in [6.07, 6.45) is -0.330. The van der Waals surface area contributed by atoms with E-state index < -0.39 is 0 Å². The molecule has 1 fully saturated rings. The summed E-state index contributed by atoms with van der Waals surface area (Å²) in [5.41, 5.74) is 4.88. The molecule has 1 saturated heterocycles. The number of halogens is 2. The first kappa shape index (κ1) is 22.8. The van der Waals surface area contributed by atoms with Gasteiger partial charge < -0.3 is 14.6 Å². The van der Waals surface area contributed by atoms with Crippen molar-refractivity contribution in [3.8, 4) is 17.2 Å². The minimum Gasteiger partial charge on any atom is -0.508 e. The average Bonchev–Trinajstić information content (AvgIpc) is 2.81. The predicted molar refractivity (Wildman–Crippen MR) is 133 cm³/mol. The van der Waals surface area contributed by atoms with Crippen LogP contribution in [0.1, 0.15) is 29.7 Å². The predicted octanol–water partition coefficient (Wildman–Crippen LogP) is 6.39. The second-order valence-corrected chi connectivity index (χ2v) is 9.36. The Morgan fingerprint density at radius 1 is 1.09 bits per heavy atom. The van der Waals surface area contributed by atoms with Crippen molar-refractivity contribution < 1.29 is 19.0 Å². The Kier molecular flexibility index (Phi) is 6.48. The molecule has 0 spiro atoms. The number of hydrogen-bond acceptors (Lipinski definition) is 4. The Hall–Kier alpha value is -3.02. The van der Waals surface area contributed by atoms with E-state index in [1.54, 1.807) is 18.2 Å². The topological polar surface area (TPSA) is 41.9 Å². The van der Waals surface area contributed by atoms with Crippen LogP contribution in [0.15, 0.2) is 66.7 Å². The Morgan fingerprint density at radius 3 is 2.62 bits per heavy atom.